The zero-order valence-corrected chi connectivity index (χ0v) is 9.15. The van der Waals surface area contributed by atoms with Crippen LogP contribution in [-0.4, -0.2) is 24.7 Å². The summed E-state index contributed by atoms with van der Waals surface area (Å²) in [4.78, 5) is 4.17. The minimum absolute atomic E-state index is 0.594. The van der Waals surface area contributed by atoms with E-state index in [0.29, 0.717) is 11.5 Å². The number of pyridine rings is 1. The topological polar surface area (TPSA) is 57.9 Å². The van der Waals surface area contributed by atoms with Gasteiger partial charge in [0.15, 0.2) is 0 Å². The van der Waals surface area contributed by atoms with Crippen molar-refractivity contribution in [3.8, 4) is 6.07 Å². The van der Waals surface area contributed by atoms with E-state index >= 15 is 0 Å². The fourth-order valence-corrected chi connectivity index (χ4v) is 1.76. The van der Waals surface area contributed by atoms with Crippen molar-refractivity contribution in [1.29, 1.82) is 5.26 Å². The predicted molar refractivity (Wildman–Crippen MR) is 61.0 cm³/mol. The molecule has 1 aromatic rings. The first-order valence-corrected chi connectivity index (χ1v) is 5.56. The molecule has 0 amide bonds. The van der Waals surface area contributed by atoms with E-state index in [1.165, 1.54) is 0 Å². The monoisotopic (exact) mass is 217 g/mol. The van der Waals surface area contributed by atoms with Crippen LogP contribution in [0.15, 0.2) is 18.3 Å². The highest BCUT2D eigenvalue weighted by atomic mass is 16.5. The summed E-state index contributed by atoms with van der Waals surface area (Å²) in [6.45, 7) is 2.67. The standard InChI is InChI=1S/C12H15N3O/c13-7-11-1-2-12(15-9-11)14-8-10-3-5-16-6-4-10/h1-2,9-10H,3-6,8H2,(H,14,15). The van der Waals surface area contributed by atoms with Crippen LogP contribution in [-0.2, 0) is 4.74 Å². The highest BCUT2D eigenvalue weighted by Crippen LogP contribution is 2.15. The summed E-state index contributed by atoms with van der Waals surface area (Å²) >= 11 is 0. The van der Waals surface area contributed by atoms with Crippen molar-refractivity contribution in [2.24, 2.45) is 5.92 Å². The fourth-order valence-electron chi connectivity index (χ4n) is 1.76. The van der Waals surface area contributed by atoms with Gasteiger partial charge < -0.3 is 10.1 Å². The van der Waals surface area contributed by atoms with Crippen LogP contribution in [0.1, 0.15) is 18.4 Å². The van der Waals surface area contributed by atoms with Gasteiger partial charge in [0.2, 0.25) is 0 Å². The van der Waals surface area contributed by atoms with Crippen LogP contribution in [0, 0.1) is 17.2 Å². The van der Waals surface area contributed by atoms with Crippen LogP contribution >= 0.6 is 0 Å². The molecule has 2 rings (SSSR count). The number of nitrogens with one attached hydrogen (secondary N) is 1. The highest BCUT2D eigenvalue weighted by Gasteiger charge is 2.13. The lowest BCUT2D eigenvalue weighted by molar-refractivity contribution is 0.0699. The molecule has 0 atom stereocenters. The largest absolute Gasteiger partial charge is 0.381 e. The number of nitriles is 1. The van der Waals surface area contributed by atoms with Crippen LogP contribution < -0.4 is 5.32 Å². The van der Waals surface area contributed by atoms with Gasteiger partial charge in [-0.1, -0.05) is 0 Å². The lowest BCUT2D eigenvalue weighted by Crippen LogP contribution is -2.22. The van der Waals surface area contributed by atoms with Crippen LogP contribution in [0.5, 0.6) is 0 Å². The van der Waals surface area contributed by atoms with E-state index in [2.05, 4.69) is 16.4 Å². The van der Waals surface area contributed by atoms with Crippen molar-refractivity contribution >= 4 is 5.82 Å². The number of anilines is 1. The Bertz CT molecular complexity index is 363. The van der Waals surface area contributed by atoms with Gasteiger partial charge in [0, 0.05) is 26.0 Å². The quantitative estimate of drug-likeness (QED) is 0.838. The SMILES string of the molecule is N#Cc1ccc(NCC2CCOCC2)nc1. The molecule has 0 radical (unpaired) electrons. The Morgan fingerprint density at radius 2 is 2.25 bits per heavy atom. The van der Waals surface area contributed by atoms with Crippen molar-refractivity contribution in [2.75, 3.05) is 25.1 Å². The molecule has 1 aromatic heterocycles. The first kappa shape index (κ1) is 10.9. The molecule has 0 unspecified atom stereocenters. The molecule has 4 heteroatoms. The molecule has 1 fully saturated rings. The molecular formula is C12H15N3O. The number of nitrogens with zero attached hydrogens (tertiary/aromatic N) is 2. The van der Waals surface area contributed by atoms with Gasteiger partial charge in [0.05, 0.1) is 5.56 Å². The van der Waals surface area contributed by atoms with Gasteiger partial charge in [0.1, 0.15) is 11.9 Å². The zero-order chi connectivity index (χ0) is 11.2. The van der Waals surface area contributed by atoms with Gasteiger partial charge in [-0.15, -0.1) is 0 Å². The van der Waals surface area contributed by atoms with Gasteiger partial charge in [-0.25, -0.2) is 4.98 Å². The summed E-state index contributed by atoms with van der Waals surface area (Å²) in [6, 6.07) is 5.68. The number of rotatable bonds is 3. The molecule has 84 valence electrons. The molecule has 2 heterocycles. The molecule has 1 aliphatic heterocycles. The Balaban J connectivity index is 1.82. The van der Waals surface area contributed by atoms with E-state index in [1.54, 1.807) is 12.3 Å². The van der Waals surface area contributed by atoms with Crippen molar-refractivity contribution < 1.29 is 4.74 Å². The lowest BCUT2D eigenvalue weighted by Gasteiger charge is -2.22. The van der Waals surface area contributed by atoms with E-state index in [4.69, 9.17) is 10.00 Å². The van der Waals surface area contributed by atoms with Crippen LogP contribution in [0.4, 0.5) is 5.82 Å². The molecule has 1 saturated heterocycles. The van der Waals surface area contributed by atoms with Gasteiger partial charge in [-0.2, -0.15) is 5.26 Å². The Labute approximate surface area is 95.3 Å². The third kappa shape index (κ3) is 2.94. The van der Waals surface area contributed by atoms with E-state index in [1.807, 2.05) is 6.07 Å². The van der Waals surface area contributed by atoms with E-state index < -0.39 is 0 Å². The predicted octanol–water partition coefficient (Wildman–Crippen LogP) is 1.79. The van der Waals surface area contributed by atoms with E-state index in [0.717, 1.165) is 38.4 Å². The number of hydrogen-bond donors (Lipinski definition) is 1. The normalized spacial score (nSPS) is 16.7. The van der Waals surface area contributed by atoms with Crippen LogP contribution in [0.2, 0.25) is 0 Å². The summed E-state index contributed by atoms with van der Waals surface area (Å²) in [5.74, 6) is 1.51. The summed E-state index contributed by atoms with van der Waals surface area (Å²) in [5.41, 5.74) is 0.594. The van der Waals surface area contributed by atoms with Gasteiger partial charge in [-0.3, -0.25) is 0 Å². The van der Waals surface area contributed by atoms with Gasteiger partial charge in [-0.05, 0) is 30.9 Å². The van der Waals surface area contributed by atoms with Crippen molar-refractivity contribution in [1.82, 2.24) is 4.98 Å². The van der Waals surface area contributed by atoms with Crippen molar-refractivity contribution in [3.63, 3.8) is 0 Å². The smallest absolute Gasteiger partial charge is 0.125 e. The Kier molecular flexibility index (Phi) is 3.73. The summed E-state index contributed by atoms with van der Waals surface area (Å²) in [6.07, 6.45) is 3.82. The number of aromatic nitrogens is 1. The van der Waals surface area contributed by atoms with Gasteiger partial charge >= 0.3 is 0 Å². The molecule has 0 spiro atoms. The molecule has 0 aromatic carbocycles. The van der Waals surface area contributed by atoms with Crippen molar-refractivity contribution in [3.05, 3.63) is 23.9 Å². The maximum absolute atomic E-state index is 8.64. The summed E-state index contributed by atoms with van der Waals surface area (Å²) < 4.78 is 5.30. The molecule has 1 N–H and O–H groups in total. The first-order chi connectivity index (χ1) is 7.88. The second kappa shape index (κ2) is 5.47. The maximum atomic E-state index is 8.64. The second-order valence-electron chi connectivity index (χ2n) is 3.98. The highest BCUT2D eigenvalue weighted by molar-refractivity contribution is 5.38. The zero-order valence-electron chi connectivity index (χ0n) is 9.15. The third-order valence-corrected chi connectivity index (χ3v) is 2.81. The van der Waals surface area contributed by atoms with Crippen molar-refractivity contribution in [2.45, 2.75) is 12.8 Å². The second-order valence-corrected chi connectivity index (χ2v) is 3.98. The van der Waals surface area contributed by atoms with E-state index in [9.17, 15) is 0 Å². The fraction of sp³-hybridized carbons (Fsp3) is 0.500. The maximum Gasteiger partial charge on any atom is 0.125 e. The van der Waals surface area contributed by atoms with Gasteiger partial charge in [0.25, 0.3) is 0 Å². The summed E-state index contributed by atoms with van der Waals surface area (Å²) in [5, 5.41) is 11.9. The third-order valence-electron chi connectivity index (χ3n) is 2.81. The molecule has 1 aliphatic rings. The minimum atomic E-state index is 0.594. The Morgan fingerprint density at radius 3 is 2.88 bits per heavy atom. The van der Waals surface area contributed by atoms with Crippen LogP contribution in [0.3, 0.4) is 0 Å². The van der Waals surface area contributed by atoms with Crippen LogP contribution in [0.25, 0.3) is 0 Å². The average Bonchev–Trinajstić information content (AvgIpc) is 2.38. The first-order valence-electron chi connectivity index (χ1n) is 5.56. The number of hydrogen-bond acceptors (Lipinski definition) is 4. The molecule has 4 nitrogen and oxygen atoms in total. The average molecular weight is 217 g/mol. The molecular weight excluding hydrogens is 202 g/mol. The summed E-state index contributed by atoms with van der Waals surface area (Å²) in [7, 11) is 0. The molecule has 0 aliphatic carbocycles. The Morgan fingerprint density at radius 1 is 1.44 bits per heavy atom. The molecule has 0 bridgehead atoms. The lowest BCUT2D eigenvalue weighted by atomic mass is 10.0. The van der Waals surface area contributed by atoms with E-state index in [-0.39, 0.29) is 0 Å². The molecule has 0 saturated carbocycles. The Hall–Kier alpha value is -1.60. The number of ether oxygens (including phenoxy) is 1. The molecule has 16 heavy (non-hydrogen) atoms. The minimum Gasteiger partial charge on any atom is -0.381 e.